The molecule has 2 heterocycles. The minimum Gasteiger partial charge on any atom is -0.383 e. The normalized spacial score (nSPS) is 11.6. The van der Waals surface area contributed by atoms with Crippen LogP contribution in [0.1, 0.15) is 30.1 Å². The maximum atomic E-state index is 12.4. The van der Waals surface area contributed by atoms with Gasteiger partial charge in [0, 0.05) is 58.9 Å². The summed E-state index contributed by atoms with van der Waals surface area (Å²) in [4.78, 5) is 22.6. The molecule has 0 fully saturated rings. The zero-order chi connectivity index (χ0) is 29.1. The van der Waals surface area contributed by atoms with E-state index >= 15 is 0 Å². The number of nitrogens with two attached hydrogens (primary N) is 1. The van der Waals surface area contributed by atoms with Crippen LogP contribution in [0.3, 0.4) is 0 Å². The molecule has 0 unspecified atom stereocenters. The number of rotatable bonds is 11. The highest BCUT2D eigenvalue weighted by atomic mass is 16.7. The fourth-order valence-corrected chi connectivity index (χ4v) is 5.73. The maximum absolute atomic E-state index is 12.4. The van der Waals surface area contributed by atoms with Gasteiger partial charge in [-0.3, -0.25) is 9.78 Å². The summed E-state index contributed by atoms with van der Waals surface area (Å²) in [6.45, 7) is 4.30. The van der Waals surface area contributed by atoms with Gasteiger partial charge in [-0.05, 0) is 54.4 Å². The Balaban J connectivity index is 1.45. The molecule has 1 amide bonds. The maximum Gasteiger partial charge on any atom is 0.250 e. The number of carbonyl (C=O) groups excluding carboxylic acids is 1. The van der Waals surface area contributed by atoms with E-state index in [1.54, 1.807) is 7.11 Å². The van der Waals surface area contributed by atoms with Crippen molar-refractivity contribution in [2.75, 3.05) is 32.1 Å². The van der Waals surface area contributed by atoms with Gasteiger partial charge in [0.05, 0.1) is 29.2 Å². The van der Waals surface area contributed by atoms with Crippen LogP contribution in [0.5, 0.6) is 0 Å². The van der Waals surface area contributed by atoms with E-state index in [1.807, 2.05) is 47.7 Å². The van der Waals surface area contributed by atoms with Crippen LogP contribution in [0.15, 0.2) is 97.2 Å². The first-order chi connectivity index (χ1) is 20.6. The summed E-state index contributed by atoms with van der Waals surface area (Å²) in [5, 5.41) is 8.79. The second kappa shape index (κ2) is 12.0. The number of anilines is 1. The van der Waals surface area contributed by atoms with E-state index in [1.165, 1.54) is 0 Å². The average Bonchev–Trinajstić information content (AvgIpc) is 3.37. The molecular weight excluding hydrogens is 522 g/mol. The molecule has 7 nitrogen and oxygen atoms in total. The number of primary amides is 1. The number of para-hydroxylation sites is 2. The van der Waals surface area contributed by atoms with Crippen molar-refractivity contribution in [2.45, 2.75) is 19.8 Å². The molecule has 0 atom stereocenters. The van der Waals surface area contributed by atoms with Crippen LogP contribution in [0, 0.1) is 0 Å². The van der Waals surface area contributed by atoms with Crippen LogP contribution in [0.25, 0.3) is 49.5 Å². The summed E-state index contributed by atoms with van der Waals surface area (Å²) >= 11 is 0. The number of hydrogen-bond acceptors (Lipinski definition) is 5. The third kappa shape index (κ3) is 5.20. The second-order valence-electron chi connectivity index (χ2n) is 10.5. The van der Waals surface area contributed by atoms with Gasteiger partial charge in [-0.25, -0.2) is 0 Å². The molecule has 0 aliphatic heterocycles. The standard InChI is InChI=1S/C35H35N5O2/c1-3-4-19-39(42-2)20-18-37-31-22-26(16-17-28(31)35(36)41)40-32-14-8-6-11-29(32)34-27(12-9-15-33(34)40)25-21-24-10-5-7-13-30(24)38-23-25/h5-17,21-23,37H,3-4,18-20H2,1-2H3,(H2,36,41). The summed E-state index contributed by atoms with van der Waals surface area (Å²) in [6, 6.07) is 31.0. The number of nitrogens with one attached hydrogen (secondary N) is 1. The van der Waals surface area contributed by atoms with Gasteiger partial charge in [0.2, 0.25) is 0 Å². The van der Waals surface area contributed by atoms with E-state index in [2.05, 4.69) is 71.4 Å². The SMILES string of the molecule is CCCCN(CCNc1cc(-n2c3ccccc3c3c(-c4cnc5ccccc5c4)cccc32)ccc1C(N)=O)OC. The fourth-order valence-electron chi connectivity index (χ4n) is 5.73. The molecule has 7 heteroatoms. The number of nitrogens with zero attached hydrogens (tertiary/aromatic N) is 3. The summed E-state index contributed by atoms with van der Waals surface area (Å²) in [6.07, 6.45) is 4.11. The Hall–Kier alpha value is -4.72. The minimum atomic E-state index is -0.466. The van der Waals surface area contributed by atoms with Gasteiger partial charge in [-0.2, -0.15) is 5.06 Å². The first-order valence-corrected chi connectivity index (χ1v) is 14.4. The van der Waals surface area contributed by atoms with E-state index in [0.29, 0.717) is 24.3 Å². The highest BCUT2D eigenvalue weighted by molar-refractivity contribution is 6.16. The van der Waals surface area contributed by atoms with E-state index in [4.69, 9.17) is 15.6 Å². The number of aromatic nitrogens is 2. The smallest absolute Gasteiger partial charge is 0.250 e. The van der Waals surface area contributed by atoms with E-state index in [0.717, 1.165) is 68.9 Å². The predicted octanol–water partition coefficient (Wildman–Crippen LogP) is 7.17. The van der Waals surface area contributed by atoms with Gasteiger partial charge in [0.25, 0.3) is 5.91 Å². The van der Waals surface area contributed by atoms with E-state index < -0.39 is 5.91 Å². The molecular formula is C35H35N5O2. The van der Waals surface area contributed by atoms with Crippen LogP contribution < -0.4 is 11.1 Å². The lowest BCUT2D eigenvalue weighted by Gasteiger charge is -2.20. The topological polar surface area (TPSA) is 85.4 Å². The number of hydroxylamine groups is 2. The van der Waals surface area contributed by atoms with Crippen LogP contribution in [-0.2, 0) is 4.84 Å². The number of hydrogen-bond donors (Lipinski definition) is 2. The van der Waals surface area contributed by atoms with Gasteiger partial charge >= 0.3 is 0 Å². The van der Waals surface area contributed by atoms with Crippen molar-refractivity contribution in [1.82, 2.24) is 14.6 Å². The Bertz CT molecular complexity index is 1890. The van der Waals surface area contributed by atoms with Crippen LogP contribution in [0.4, 0.5) is 5.69 Å². The molecule has 0 saturated carbocycles. The number of benzene rings is 4. The van der Waals surface area contributed by atoms with Gasteiger partial charge in [0.1, 0.15) is 0 Å². The molecule has 42 heavy (non-hydrogen) atoms. The summed E-state index contributed by atoms with van der Waals surface area (Å²) in [5.41, 5.74) is 13.2. The Morgan fingerprint density at radius 3 is 2.60 bits per heavy atom. The zero-order valence-corrected chi connectivity index (χ0v) is 24.0. The first-order valence-electron chi connectivity index (χ1n) is 14.4. The van der Waals surface area contributed by atoms with Crippen LogP contribution >= 0.6 is 0 Å². The molecule has 2 aromatic heterocycles. The third-order valence-corrected chi connectivity index (χ3v) is 7.82. The molecule has 0 aliphatic rings. The number of pyridine rings is 1. The minimum absolute atomic E-state index is 0.458. The number of carbonyl (C=O) groups is 1. The van der Waals surface area contributed by atoms with Crippen LogP contribution in [0.2, 0.25) is 0 Å². The monoisotopic (exact) mass is 557 g/mol. The zero-order valence-electron chi connectivity index (χ0n) is 24.0. The van der Waals surface area contributed by atoms with Crippen LogP contribution in [-0.4, -0.2) is 47.3 Å². The van der Waals surface area contributed by atoms with Crippen molar-refractivity contribution in [1.29, 1.82) is 0 Å². The van der Waals surface area contributed by atoms with Gasteiger partial charge < -0.3 is 20.5 Å². The predicted molar refractivity (Wildman–Crippen MR) is 172 cm³/mol. The quantitative estimate of drug-likeness (QED) is 0.165. The molecule has 0 bridgehead atoms. The molecule has 0 radical (unpaired) electrons. The Kier molecular flexibility index (Phi) is 7.86. The fraction of sp³-hybridized carbons (Fsp3) is 0.200. The lowest BCUT2D eigenvalue weighted by molar-refractivity contribution is -0.128. The molecule has 4 aromatic carbocycles. The molecule has 0 saturated heterocycles. The van der Waals surface area contributed by atoms with Crippen molar-refractivity contribution in [3.05, 3.63) is 103 Å². The Labute approximate surface area is 245 Å². The van der Waals surface area contributed by atoms with Crippen molar-refractivity contribution >= 4 is 44.3 Å². The first kappa shape index (κ1) is 27.4. The molecule has 6 aromatic rings. The highest BCUT2D eigenvalue weighted by Crippen LogP contribution is 2.39. The van der Waals surface area contributed by atoms with E-state index in [9.17, 15) is 4.79 Å². The van der Waals surface area contributed by atoms with Crippen molar-refractivity contribution < 1.29 is 9.63 Å². The Morgan fingerprint density at radius 2 is 1.76 bits per heavy atom. The summed E-state index contributed by atoms with van der Waals surface area (Å²) in [5.74, 6) is -0.466. The van der Waals surface area contributed by atoms with Crippen molar-refractivity contribution in [3.63, 3.8) is 0 Å². The molecule has 0 spiro atoms. The van der Waals surface area contributed by atoms with Gasteiger partial charge in [-0.15, -0.1) is 0 Å². The Morgan fingerprint density at radius 1 is 0.952 bits per heavy atom. The third-order valence-electron chi connectivity index (χ3n) is 7.82. The summed E-state index contributed by atoms with van der Waals surface area (Å²) < 4.78 is 2.25. The number of amides is 1. The van der Waals surface area contributed by atoms with Crippen molar-refractivity contribution in [3.8, 4) is 16.8 Å². The highest BCUT2D eigenvalue weighted by Gasteiger charge is 2.18. The number of unbranched alkanes of at least 4 members (excludes halogenated alkanes) is 1. The largest absolute Gasteiger partial charge is 0.383 e. The summed E-state index contributed by atoms with van der Waals surface area (Å²) in [7, 11) is 1.69. The molecule has 212 valence electrons. The average molecular weight is 558 g/mol. The lowest BCUT2D eigenvalue weighted by atomic mass is 9.99. The second-order valence-corrected chi connectivity index (χ2v) is 10.5. The van der Waals surface area contributed by atoms with Gasteiger partial charge in [0.15, 0.2) is 0 Å². The van der Waals surface area contributed by atoms with Crippen molar-refractivity contribution in [2.24, 2.45) is 5.73 Å². The molecule has 3 N–H and O–H groups in total. The van der Waals surface area contributed by atoms with Gasteiger partial charge in [-0.1, -0.05) is 61.9 Å². The molecule has 6 rings (SSSR count). The van der Waals surface area contributed by atoms with E-state index in [-0.39, 0.29) is 0 Å². The number of fused-ring (bicyclic) bond motifs is 4. The molecule has 0 aliphatic carbocycles. The lowest BCUT2D eigenvalue weighted by Crippen LogP contribution is -2.29.